The Balaban J connectivity index is 2.56. The summed E-state index contributed by atoms with van der Waals surface area (Å²) in [6.07, 6.45) is 0.860. The van der Waals surface area contributed by atoms with Gasteiger partial charge in [-0.15, -0.1) is 0 Å². The first-order chi connectivity index (χ1) is 7.63. The van der Waals surface area contributed by atoms with E-state index in [0.717, 1.165) is 6.42 Å². The molecule has 0 aliphatic heterocycles. The molecule has 1 N–H and O–H groups in total. The first-order valence-corrected chi connectivity index (χ1v) is 5.84. The van der Waals surface area contributed by atoms with Gasteiger partial charge in [0.15, 0.2) is 0 Å². The molecule has 1 aromatic rings. The predicted molar refractivity (Wildman–Crippen MR) is 67.1 cm³/mol. The summed E-state index contributed by atoms with van der Waals surface area (Å²) in [4.78, 5) is 0. The largest absolute Gasteiger partial charge is 0.300 e. The summed E-state index contributed by atoms with van der Waals surface area (Å²) >= 11 is 0. The monoisotopic (exact) mass is 216 g/mol. The van der Waals surface area contributed by atoms with Gasteiger partial charge in [0, 0.05) is 6.04 Å². The normalized spacial score (nSPS) is 14.4. The van der Waals surface area contributed by atoms with E-state index in [2.05, 4.69) is 44.3 Å². The second-order valence-electron chi connectivity index (χ2n) is 4.55. The fraction of sp³-hybridized carbons (Fsp3) is 0.500. The van der Waals surface area contributed by atoms with Gasteiger partial charge in [0.1, 0.15) is 0 Å². The lowest BCUT2D eigenvalue weighted by Crippen LogP contribution is -2.34. The Kier molecular flexibility index (Phi) is 5.01. The lowest BCUT2D eigenvalue weighted by Gasteiger charge is -2.19. The summed E-state index contributed by atoms with van der Waals surface area (Å²) < 4.78 is 0. The quantitative estimate of drug-likeness (QED) is 0.821. The SMILES string of the molecule is CC(C)NC(C#N)CC(C)c1ccccc1. The van der Waals surface area contributed by atoms with Crippen LogP contribution >= 0.6 is 0 Å². The first-order valence-electron chi connectivity index (χ1n) is 5.84. The van der Waals surface area contributed by atoms with Crippen LogP contribution in [-0.4, -0.2) is 12.1 Å². The third-order valence-electron chi connectivity index (χ3n) is 2.65. The third kappa shape index (κ3) is 4.04. The highest BCUT2D eigenvalue weighted by molar-refractivity contribution is 5.19. The molecule has 1 aromatic carbocycles. The molecular formula is C14H20N2. The number of hydrogen-bond acceptors (Lipinski definition) is 2. The predicted octanol–water partition coefficient (Wildman–Crippen LogP) is 3.07. The Morgan fingerprint density at radius 2 is 1.81 bits per heavy atom. The lowest BCUT2D eigenvalue weighted by atomic mass is 9.94. The molecule has 1 rings (SSSR count). The van der Waals surface area contributed by atoms with E-state index in [-0.39, 0.29) is 6.04 Å². The number of nitrogens with zero attached hydrogens (tertiary/aromatic N) is 1. The van der Waals surface area contributed by atoms with Gasteiger partial charge in [-0.2, -0.15) is 5.26 Å². The number of nitrogens with one attached hydrogen (secondary N) is 1. The zero-order valence-corrected chi connectivity index (χ0v) is 10.3. The van der Waals surface area contributed by atoms with Crippen molar-refractivity contribution in [1.29, 1.82) is 5.26 Å². The topological polar surface area (TPSA) is 35.8 Å². The van der Waals surface area contributed by atoms with Crippen LogP contribution in [0, 0.1) is 11.3 Å². The lowest BCUT2D eigenvalue weighted by molar-refractivity contribution is 0.479. The number of benzene rings is 1. The summed E-state index contributed by atoms with van der Waals surface area (Å²) in [5.74, 6) is 0.414. The molecule has 2 atom stereocenters. The van der Waals surface area contributed by atoms with E-state index >= 15 is 0 Å². The maximum absolute atomic E-state index is 9.06. The van der Waals surface area contributed by atoms with E-state index in [1.165, 1.54) is 5.56 Å². The molecule has 0 saturated carbocycles. The van der Waals surface area contributed by atoms with Crippen LogP contribution in [0.25, 0.3) is 0 Å². The molecule has 0 aromatic heterocycles. The minimum absolute atomic E-state index is 0.0600. The van der Waals surface area contributed by atoms with Crippen LogP contribution in [0.5, 0.6) is 0 Å². The van der Waals surface area contributed by atoms with E-state index in [1.807, 2.05) is 18.2 Å². The zero-order valence-electron chi connectivity index (χ0n) is 10.3. The molecule has 2 nitrogen and oxygen atoms in total. The second kappa shape index (κ2) is 6.30. The summed E-state index contributed by atoms with van der Waals surface area (Å²) in [7, 11) is 0. The van der Waals surface area contributed by atoms with Crippen molar-refractivity contribution in [3.63, 3.8) is 0 Å². The average molecular weight is 216 g/mol. The molecule has 0 spiro atoms. The highest BCUT2D eigenvalue weighted by Gasteiger charge is 2.14. The van der Waals surface area contributed by atoms with Crippen molar-refractivity contribution in [3.05, 3.63) is 35.9 Å². The van der Waals surface area contributed by atoms with E-state index < -0.39 is 0 Å². The third-order valence-corrected chi connectivity index (χ3v) is 2.65. The average Bonchev–Trinajstić information content (AvgIpc) is 2.28. The van der Waals surface area contributed by atoms with Crippen molar-refractivity contribution >= 4 is 0 Å². The molecule has 2 unspecified atom stereocenters. The van der Waals surface area contributed by atoms with Gasteiger partial charge in [0.25, 0.3) is 0 Å². The van der Waals surface area contributed by atoms with E-state index in [9.17, 15) is 0 Å². The van der Waals surface area contributed by atoms with Crippen LogP contribution in [0.15, 0.2) is 30.3 Å². The van der Waals surface area contributed by atoms with Crippen molar-refractivity contribution in [3.8, 4) is 6.07 Å². The highest BCUT2D eigenvalue weighted by Crippen LogP contribution is 2.20. The van der Waals surface area contributed by atoms with Gasteiger partial charge >= 0.3 is 0 Å². The smallest absolute Gasteiger partial charge is 0.0960 e. The van der Waals surface area contributed by atoms with Gasteiger partial charge in [-0.25, -0.2) is 0 Å². The molecule has 2 heteroatoms. The maximum atomic E-state index is 9.06. The molecule has 0 aliphatic carbocycles. The first kappa shape index (κ1) is 12.7. The zero-order chi connectivity index (χ0) is 12.0. The minimum atomic E-state index is -0.0600. The molecular weight excluding hydrogens is 196 g/mol. The van der Waals surface area contributed by atoms with Crippen LogP contribution in [0.4, 0.5) is 0 Å². The standard InChI is InChI=1S/C14H20N2/c1-11(2)16-14(10-15)9-12(3)13-7-5-4-6-8-13/h4-8,11-12,14,16H,9H2,1-3H3. The van der Waals surface area contributed by atoms with Gasteiger partial charge in [-0.05, 0) is 31.7 Å². The van der Waals surface area contributed by atoms with Gasteiger partial charge < -0.3 is 0 Å². The van der Waals surface area contributed by atoms with Crippen LogP contribution in [-0.2, 0) is 0 Å². The van der Waals surface area contributed by atoms with Crippen molar-refractivity contribution in [2.24, 2.45) is 0 Å². The van der Waals surface area contributed by atoms with Gasteiger partial charge in [-0.3, -0.25) is 5.32 Å². The van der Waals surface area contributed by atoms with Crippen LogP contribution in [0.3, 0.4) is 0 Å². The van der Waals surface area contributed by atoms with E-state index in [0.29, 0.717) is 12.0 Å². The van der Waals surface area contributed by atoms with Crippen molar-refractivity contribution in [1.82, 2.24) is 5.32 Å². The Morgan fingerprint density at radius 3 is 2.31 bits per heavy atom. The fourth-order valence-corrected chi connectivity index (χ4v) is 1.83. The molecule has 0 saturated heterocycles. The summed E-state index contributed by atoms with van der Waals surface area (Å²) in [5, 5.41) is 12.3. The van der Waals surface area contributed by atoms with E-state index in [1.54, 1.807) is 0 Å². The molecule has 0 fully saturated rings. The summed E-state index contributed by atoms with van der Waals surface area (Å²) in [6.45, 7) is 6.30. The van der Waals surface area contributed by atoms with Crippen molar-refractivity contribution in [2.45, 2.75) is 45.2 Å². The summed E-state index contributed by atoms with van der Waals surface area (Å²) in [5.41, 5.74) is 1.30. The van der Waals surface area contributed by atoms with Gasteiger partial charge in [-0.1, -0.05) is 37.3 Å². The second-order valence-corrected chi connectivity index (χ2v) is 4.55. The van der Waals surface area contributed by atoms with Crippen LogP contribution < -0.4 is 5.32 Å². The molecule has 86 valence electrons. The fourth-order valence-electron chi connectivity index (χ4n) is 1.83. The molecule has 0 heterocycles. The van der Waals surface area contributed by atoms with E-state index in [4.69, 9.17) is 5.26 Å². The van der Waals surface area contributed by atoms with Crippen LogP contribution in [0.1, 0.15) is 38.7 Å². The van der Waals surface area contributed by atoms with Gasteiger partial charge in [0.05, 0.1) is 12.1 Å². The van der Waals surface area contributed by atoms with Gasteiger partial charge in [0.2, 0.25) is 0 Å². The maximum Gasteiger partial charge on any atom is 0.0960 e. The molecule has 0 bridgehead atoms. The summed E-state index contributed by atoms with van der Waals surface area (Å²) in [6, 6.07) is 13.0. The van der Waals surface area contributed by atoms with Crippen molar-refractivity contribution in [2.75, 3.05) is 0 Å². The highest BCUT2D eigenvalue weighted by atomic mass is 14.9. The van der Waals surface area contributed by atoms with Crippen LogP contribution in [0.2, 0.25) is 0 Å². The Hall–Kier alpha value is -1.33. The number of hydrogen-bond donors (Lipinski definition) is 1. The Morgan fingerprint density at radius 1 is 1.19 bits per heavy atom. The number of nitriles is 1. The van der Waals surface area contributed by atoms with Crippen molar-refractivity contribution < 1.29 is 0 Å². The minimum Gasteiger partial charge on any atom is -0.300 e. The molecule has 0 aliphatic rings. The molecule has 0 radical (unpaired) electrons. The molecule has 0 amide bonds. The Labute approximate surface area is 98.3 Å². The Bertz CT molecular complexity index is 338. The number of rotatable bonds is 5. The molecule has 16 heavy (non-hydrogen) atoms.